The lowest BCUT2D eigenvalue weighted by Crippen LogP contribution is -2.35. The van der Waals surface area contributed by atoms with E-state index < -0.39 is 17.6 Å². The lowest BCUT2D eigenvalue weighted by atomic mass is 10.1. The number of unbranched alkanes of at least 4 members (excludes halogenated alkanes) is 5. The van der Waals surface area contributed by atoms with Gasteiger partial charge in [-0.05, 0) is 24.6 Å². The van der Waals surface area contributed by atoms with Crippen LogP contribution in [0.4, 0.5) is 10.1 Å². The smallest absolute Gasteiger partial charge is 0.313 e. The Morgan fingerprint density at radius 2 is 1.77 bits per heavy atom. The molecule has 0 aliphatic heterocycles. The number of rotatable bonds is 8. The molecule has 22 heavy (non-hydrogen) atoms. The molecule has 0 spiro atoms. The molecule has 0 radical (unpaired) electrons. The van der Waals surface area contributed by atoms with E-state index >= 15 is 0 Å². The van der Waals surface area contributed by atoms with E-state index in [4.69, 9.17) is 11.6 Å². The van der Waals surface area contributed by atoms with Gasteiger partial charge in [0.25, 0.3) is 0 Å². The standard InChI is InChI=1S/C16H22ClFN2O2/c1-2-3-4-5-6-7-10-19-15(21)16(22)20-12-8-9-14(18)13(17)11-12/h8-9,11H,2-7,10H2,1H3,(H,19,21)(H,20,22). The summed E-state index contributed by atoms with van der Waals surface area (Å²) in [5, 5.41) is 4.83. The number of anilines is 1. The fourth-order valence-corrected chi connectivity index (χ4v) is 2.13. The molecule has 0 aromatic heterocycles. The summed E-state index contributed by atoms with van der Waals surface area (Å²) >= 11 is 5.60. The van der Waals surface area contributed by atoms with Crippen molar-refractivity contribution in [1.29, 1.82) is 0 Å². The monoisotopic (exact) mass is 328 g/mol. The minimum atomic E-state index is -0.784. The van der Waals surface area contributed by atoms with Crippen LogP contribution in [0.5, 0.6) is 0 Å². The van der Waals surface area contributed by atoms with Gasteiger partial charge in [-0.25, -0.2) is 4.39 Å². The molecule has 0 saturated carbocycles. The first-order valence-electron chi connectivity index (χ1n) is 7.58. The van der Waals surface area contributed by atoms with Crippen molar-refractivity contribution < 1.29 is 14.0 Å². The zero-order valence-corrected chi connectivity index (χ0v) is 13.5. The summed E-state index contributed by atoms with van der Waals surface area (Å²) in [6, 6.07) is 3.74. The summed E-state index contributed by atoms with van der Waals surface area (Å²) < 4.78 is 13.0. The Bertz CT molecular complexity index is 509. The van der Waals surface area contributed by atoms with Gasteiger partial charge in [0, 0.05) is 12.2 Å². The van der Waals surface area contributed by atoms with E-state index in [1.54, 1.807) is 0 Å². The minimum absolute atomic E-state index is 0.106. The quantitative estimate of drug-likeness (QED) is 0.561. The maximum atomic E-state index is 13.0. The second kappa shape index (κ2) is 10.2. The van der Waals surface area contributed by atoms with E-state index in [-0.39, 0.29) is 10.7 Å². The molecule has 0 atom stereocenters. The summed E-state index contributed by atoms with van der Waals surface area (Å²) in [6.07, 6.45) is 6.67. The van der Waals surface area contributed by atoms with Crippen LogP contribution in [0.1, 0.15) is 45.4 Å². The number of hydrogen-bond donors (Lipinski definition) is 2. The van der Waals surface area contributed by atoms with Crippen molar-refractivity contribution in [2.24, 2.45) is 0 Å². The molecule has 0 aliphatic carbocycles. The molecule has 122 valence electrons. The molecular weight excluding hydrogens is 307 g/mol. The largest absolute Gasteiger partial charge is 0.348 e. The third kappa shape index (κ3) is 6.89. The summed E-state index contributed by atoms with van der Waals surface area (Å²) in [7, 11) is 0. The van der Waals surface area contributed by atoms with Crippen molar-refractivity contribution in [3.63, 3.8) is 0 Å². The Morgan fingerprint density at radius 1 is 1.09 bits per heavy atom. The van der Waals surface area contributed by atoms with Crippen LogP contribution < -0.4 is 10.6 Å². The van der Waals surface area contributed by atoms with Gasteiger partial charge in [-0.15, -0.1) is 0 Å². The first-order valence-corrected chi connectivity index (χ1v) is 7.96. The Morgan fingerprint density at radius 3 is 2.45 bits per heavy atom. The second-order valence-electron chi connectivity index (χ2n) is 5.11. The first kappa shape index (κ1) is 18.4. The lowest BCUT2D eigenvalue weighted by molar-refractivity contribution is -0.136. The van der Waals surface area contributed by atoms with E-state index in [0.717, 1.165) is 25.3 Å². The van der Waals surface area contributed by atoms with Crippen LogP contribution >= 0.6 is 11.6 Å². The number of carbonyl (C=O) groups is 2. The summed E-state index contributed by atoms with van der Waals surface area (Å²) in [6.45, 7) is 2.63. The van der Waals surface area contributed by atoms with Crippen LogP contribution in [0.15, 0.2) is 18.2 Å². The zero-order valence-electron chi connectivity index (χ0n) is 12.8. The normalized spacial score (nSPS) is 10.3. The third-order valence-corrected chi connectivity index (χ3v) is 3.49. The highest BCUT2D eigenvalue weighted by atomic mass is 35.5. The predicted octanol–water partition coefficient (Wildman–Crippen LogP) is 3.89. The highest BCUT2D eigenvalue weighted by molar-refractivity contribution is 6.39. The van der Waals surface area contributed by atoms with Crippen molar-refractivity contribution in [3.8, 4) is 0 Å². The molecule has 0 bridgehead atoms. The van der Waals surface area contributed by atoms with Crippen molar-refractivity contribution in [2.75, 3.05) is 11.9 Å². The van der Waals surface area contributed by atoms with E-state index in [9.17, 15) is 14.0 Å². The molecule has 1 aromatic carbocycles. The number of amides is 2. The number of hydrogen-bond acceptors (Lipinski definition) is 2. The Balaban J connectivity index is 2.24. The summed E-state index contributed by atoms with van der Waals surface area (Å²) in [4.78, 5) is 23.3. The summed E-state index contributed by atoms with van der Waals surface area (Å²) in [5.74, 6) is -2.06. The van der Waals surface area contributed by atoms with Crippen molar-refractivity contribution in [1.82, 2.24) is 5.32 Å². The van der Waals surface area contributed by atoms with Gasteiger partial charge in [0.15, 0.2) is 0 Å². The molecule has 6 heteroatoms. The van der Waals surface area contributed by atoms with Gasteiger partial charge < -0.3 is 10.6 Å². The predicted molar refractivity (Wildman–Crippen MR) is 86.4 cm³/mol. The molecule has 0 aliphatic rings. The number of nitrogens with one attached hydrogen (secondary N) is 2. The van der Waals surface area contributed by atoms with Gasteiger partial charge in [-0.3, -0.25) is 9.59 Å². The van der Waals surface area contributed by atoms with Crippen molar-refractivity contribution >= 4 is 29.1 Å². The highest BCUT2D eigenvalue weighted by Crippen LogP contribution is 2.19. The summed E-state index contributed by atoms with van der Waals surface area (Å²) in [5.41, 5.74) is 0.283. The maximum Gasteiger partial charge on any atom is 0.313 e. The maximum absolute atomic E-state index is 13.0. The number of carbonyl (C=O) groups excluding carboxylic acids is 2. The van der Waals surface area contributed by atoms with Crippen LogP contribution in [-0.4, -0.2) is 18.4 Å². The lowest BCUT2D eigenvalue weighted by Gasteiger charge is -2.07. The molecule has 1 rings (SSSR count). The van der Waals surface area contributed by atoms with Crippen molar-refractivity contribution in [2.45, 2.75) is 45.4 Å². The van der Waals surface area contributed by atoms with E-state index in [0.29, 0.717) is 6.54 Å². The SMILES string of the molecule is CCCCCCCCNC(=O)C(=O)Nc1ccc(F)c(Cl)c1. The first-order chi connectivity index (χ1) is 10.5. The van der Waals surface area contributed by atoms with Crippen LogP contribution in [0.25, 0.3) is 0 Å². The third-order valence-electron chi connectivity index (χ3n) is 3.20. The molecular formula is C16H22ClFN2O2. The van der Waals surface area contributed by atoms with Gasteiger partial charge >= 0.3 is 11.8 Å². The van der Waals surface area contributed by atoms with Gasteiger partial charge in [-0.1, -0.05) is 50.6 Å². The van der Waals surface area contributed by atoms with E-state index in [1.807, 2.05) is 0 Å². The van der Waals surface area contributed by atoms with Crippen LogP contribution in [0.3, 0.4) is 0 Å². The molecule has 0 fully saturated rings. The Hall–Kier alpha value is -1.62. The Labute approximate surface area is 135 Å². The fraction of sp³-hybridized carbons (Fsp3) is 0.500. The topological polar surface area (TPSA) is 58.2 Å². The van der Waals surface area contributed by atoms with Crippen LogP contribution in [-0.2, 0) is 9.59 Å². The zero-order chi connectivity index (χ0) is 16.4. The molecule has 1 aromatic rings. The van der Waals surface area contributed by atoms with E-state index in [1.165, 1.54) is 31.4 Å². The average Bonchev–Trinajstić information content (AvgIpc) is 2.49. The molecule has 0 unspecified atom stereocenters. The van der Waals surface area contributed by atoms with Crippen LogP contribution in [0, 0.1) is 5.82 Å². The van der Waals surface area contributed by atoms with Gasteiger partial charge in [0.2, 0.25) is 0 Å². The van der Waals surface area contributed by atoms with Gasteiger partial charge in [0.05, 0.1) is 5.02 Å². The minimum Gasteiger partial charge on any atom is -0.348 e. The van der Waals surface area contributed by atoms with Crippen LogP contribution in [0.2, 0.25) is 5.02 Å². The second-order valence-corrected chi connectivity index (χ2v) is 5.51. The molecule has 0 saturated heterocycles. The number of benzene rings is 1. The molecule has 2 amide bonds. The fourth-order valence-electron chi connectivity index (χ4n) is 1.95. The molecule has 2 N–H and O–H groups in total. The van der Waals surface area contributed by atoms with Gasteiger partial charge in [0.1, 0.15) is 5.82 Å². The van der Waals surface area contributed by atoms with E-state index in [2.05, 4.69) is 17.6 Å². The Kier molecular flexibility index (Phi) is 8.51. The van der Waals surface area contributed by atoms with Crippen molar-refractivity contribution in [3.05, 3.63) is 29.0 Å². The molecule has 4 nitrogen and oxygen atoms in total. The average molecular weight is 329 g/mol. The molecule has 0 heterocycles. The highest BCUT2D eigenvalue weighted by Gasteiger charge is 2.13. The number of halogens is 2. The van der Waals surface area contributed by atoms with Gasteiger partial charge in [-0.2, -0.15) is 0 Å².